The maximum Gasteiger partial charge on any atom is 0.416 e. The van der Waals surface area contributed by atoms with Crippen LogP contribution in [0.25, 0.3) is 0 Å². The van der Waals surface area contributed by atoms with Crippen molar-refractivity contribution in [2.45, 2.75) is 12.7 Å². The van der Waals surface area contributed by atoms with Crippen LogP contribution in [0.4, 0.5) is 18.9 Å². The summed E-state index contributed by atoms with van der Waals surface area (Å²) in [5.74, 6) is 0. The van der Waals surface area contributed by atoms with E-state index in [-0.39, 0.29) is 17.8 Å². The van der Waals surface area contributed by atoms with Crippen LogP contribution in [-0.2, 0) is 12.7 Å². The number of nitrogen functional groups attached to an aromatic ring is 1. The molecule has 1 rings (SSSR count). The summed E-state index contributed by atoms with van der Waals surface area (Å²) in [6, 6.07) is 2.22. The van der Waals surface area contributed by atoms with E-state index in [9.17, 15) is 13.2 Å². The average Bonchev–Trinajstić information content (AvgIpc) is 2.07. The van der Waals surface area contributed by atoms with Crippen LogP contribution in [0.2, 0.25) is 0 Å². The quantitative estimate of drug-likeness (QED) is 0.769. The van der Waals surface area contributed by atoms with E-state index in [1.54, 1.807) is 0 Å². The Morgan fingerprint density at radius 3 is 2.29 bits per heavy atom. The molecule has 0 aliphatic rings. The molecule has 0 atom stereocenters. The van der Waals surface area contributed by atoms with Crippen LogP contribution in [-0.4, -0.2) is 0 Å². The number of benzene rings is 1. The van der Waals surface area contributed by atoms with Crippen molar-refractivity contribution >= 4 is 21.6 Å². The Hall–Kier alpha value is -0.750. The van der Waals surface area contributed by atoms with Gasteiger partial charge in [-0.05, 0) is 28.1 Å². The molecule has 0 fully saturated rings. The smallest absolute Gasteiger partial charge is 0.398 e. The molecule has 0 saturated heterocycles. The van der Waals surface area contributed by atoms with Crippen molar-refractivity contribution in [1.82, 2.24) is 0 Å². The minimum atomic E-state index is -4.41. The Morgan fingerprint density at radius 1 is 1.29 bits per heavy atom. The Balaban J connectivity index is 3.39. The second kappa shape index (κ2) is 3.78. The minimum Gasteiger partial charge on any atom is -0.398 e. The van der Waals surface area contributed by atoms with Gasteiger partial charge < -0.3 is 11.5 Å². The molecule has 0 aliphatic heterocycles. The summed E-state index contributed by atoms with van der Waals surface area (Å²) in [4.78, 5) is 0. The molecule has 6 heteroatoms. The van der Waals surface area contributed by atoms with Crippen molar-refractivity contribution in [3.63, 3.8) is 0 Å². The summed E-state index contributed by atoms with van der Waals surface area (Å²) < 4.78 is 37.7. The van der Waals surface area contributed by atoms with Gasteiger partial charge in [0.15, 0.2) is 0 Å². The molecule has 0 amide bonds. The van der Waals surface area contributed by atoms with Gasteiger partial charge in [0, 0.05) is 16.6 Å². The number of nitrogens with two attached hydrogens (primary N) is 2. The molecule has 0 aliphatic carbocycles. The van der Waals surface area contributed by atoms with Crippen LogP contribution >= 0.6 is 15.9 Å². The SMILES string of the molecule is NCc1c(C(F)(F)F)ccc(Br)c1N. The zero-order valence-corrected chi connectivity index (χ0v) is 8.61. The molecule has 0 bridgehead atoms. The molecular formula is C8H8BrF3N2. The van der Waals surface area contributed by atoms with Gasteiger partial charge >= 0.3 is 6.18 Å². The van der Waals surface area contributed by atoms with Crippen molar-refractivity contribution in [3.8, 4) is 0 Å². The lowest BCUT2D eigenvalue weighted by Gasteiger charge is -2.14. The van der Waals surface area contributed by atoms with Crippen LogP contribution < -0.4 is 11.5 Å². The van der Waals surface area contributed by atoms with Crippen LogP contribution in [0, 0.1) is 0 Å². The lowest BCUT2D eigenvalue weighted by Crippen LogP contribution is -2.14. The molecule has 0 unspecified atom stereocenters. The Morgan fingerprint density at radius 2 is 1.86 bits per heavy atom. The summed E-state index contributed by atoms with van der Waals surface area (Å²) in [5.41, 5.74) is 9.87. The maximum atomic E-state index is 12.4. The molecule has 0 spiro atoms. The van der Waals surface area contributed by atoms with Gasteiger partial charge in [-0.25, -0.2) is 0 Å². The van der Waals surface area contributed by atoms with E-state index in [1.807, 2.05) is 0 Å². The number of hydrogen-bond donors (Lipinski definition) is 2. The van der Waals surface area contributed by atoms with Crippen molar-refractivity contribution in [2.75, 3.05) is 5.73 Å². The highest BCUT2D eigenvalue weighted by atomic mass is 79.9. The summed E-state index contributed by atoms with van der Waals surface area (Å²) in [6.07, 6.45) is -4.41. The van der Waals surface area contributed by atoms with E-state index < -0.39 is 11.7 Å². The predicted molar refractivity (Wildman–Crippen MR) is 51.4 cm³/mol. The number of halogens is 4. The summed E-state index contributed by atoms with van der Waals surface area (Å²) in [5, 5.41) is 0. The van der Waals surface area contributed by atoms with Gasteiger partial charge in [0.2, 0.25) is 0 Å². The number of rotatable bonds is 1. The van der Waals surface area contributed by atoms with Crippen LogP contribution in [0.15, 0.2) is 16.6 Å². The third-order valence-electron chi connectivity index (χ3n) is 1.81. The molecule has 4 N–H and O–H groups in total. The monoisotopic (exact) mass is 268 g/mol. The fourth-order valence-corrected chi connectivity index (χ4v) is 1.49. The Kier molecular flexibility index (Phi) is 3.06. The van der Waals surface area contributed by atoms with Crippen LogP contribution in [0.3, 0.4) is 0 Å². The standard InChI is InChI=1S/C8H8BrF3N2/c9-6-2-1-5(8(10,11)12)4(3-13)7(6)14/h1-2H,3,13-14H2. The lowest BCUT2D eigenvalue weighted by atomic mass is 10.1. The topological polar surface area (TPSA) is 52.0 Å². The Bertz CT molecular complexity index is 349. The molecule has 0 radical (unpaired) electrons. The van der Waals surface area contributed by atoms with Crippen molar-refractivity contribution < 1.29 is 13.2 Å². The number of anilines is 1. The summed E-state index contributed by atoms with van der Waals surface area (Å²) in [6.45, 7) is -0.236. The molecule has 14 heavy (non-hydrogen) atoms. The zero-order valence-electron chi connectivity index (χ0n) is 7.03. The molecule has 1 aromatic rings. The highest BCUT2D eigenvalue weighted by molar-refractivity contribution is 9.10. The molecule has 0 heterocycles. The van der Waals surface area contributed by atoms with E-state index in [1.165, 1.54) is 6.07 Å². The largest absolute Gasteiger partial charge is 0.416 e. The zero-order chi connectivity index (χ0) is 10.9. The molecule has 0 saturated carbocycles. The molecule has 78 valence electrons. The van der Waals surface area contributed by atoms with Crippen molar-refractivity contribution in [1.29, 1.82) is 0 Å². The second-order valence-corrected chi connectivity index (χ2v) is 3.54. The summed E-state index contributed by atoms with van der Waals surface area (Å²) in [7, 11) is 0. The number of alkyl halides is 3. The van der Waals surface area contributed by atoms with Crippen LogP contribution in [0.1, 0.15) is 11.1 Å². The van der Waals surface area contributed by atoms with Gasteiger partial charge in [0.1, 0.15) is 0 Å². The van der Waals surface area contributed by atoms with E-state index in [0.717, 1.165) is 6.07 Å². The normalized spacial score (nSPS) is 11.8. The average molecular weight is 269 g/mol. The van der Waals surface area contributed by atoms with E-state index >= 15 is 0 Å². The fourth-order valence-electron chi connectivity index (χ4n) is 1.12. The third kappa shape index (κ3) is 2.01. The second-order valence-electron chi connectivity index (χ2n) is 2.69. The highest BCUT2D eigenvalue weighted by Crippen LogP contribution is 2.36. The molecule has 1 aromatic carbocycles. The first kappa shape index (κ1) is 11.3. The fraction of sp³-hybridized carbons (Fsp3) is 0.250. The predicted octanol–water partition coefficient (Wildman–Crippen LogP) is 2.51. The van der Waals surface area contributed by atoms with E-state index in [2.05, 4.69) is 15.9 Å². The van der Waals surface area contributed by atoms with Gasteiger partial charge in [-0.3, -0.25) is 0 Å². The first-order valence-electron chi connectivity index (χ1n) is 3.72. The number of hydrogen-bond acceptors (Lipinski definition) is 2. The molecular weight excluding hydrogens is 261 g/mol. The third-order valence-corrected chi connectivity index (χ3v) is 2.50. The van der Waals surface area contributed by atoms with Gasteiger partial charge in [0.05, 0.1) is 11.3 Å². The highest BCUT2D eigenvalue weighted by Gasteiger charge is 2.33. The van der Waals surface area contributed by atoms with Gasteiger partial charge in [-0.1, -0.05) is 0 Å². The van der Waals surface area contributed by atoms with Gasteiger partial charge in [-0.15, -0.1) is 0 Å². The first-order valence-corrected chi connectivity index (χ1v) is 4.51. The first-order chi connectivity index (χ1) is 6.38. The van der Waals surface area contributed by atoms with Crippen molar-refractivity contribution in [2.24, 2.45) is 5.73 Å². The Labute approximate surface area is 87.2 Å². The van der Waals surface area contributed by atoms with Crippen molar-refractivity contribution in [3.05, 3.63) is 27.7 Å². The molecule has 2 nitrogen and oxygen atoms in total. The minimum absolute atomic E-state index is 0.0438. The van der Waals surface area contributed by atoms with E-state index in [4.69, 9.17) is 11.5 Å². The van der Waals surface area contributed by atoms with Gasteiger partial charge in [-0.2, -0.15) is 13.2 Å². The van der Waals surface area contributed by atoms with Gasteiger partial charge in [0.25, 0.3) is 0 Å². The van der Waals surface area contributed by atoms with E-state index in [0.29, 0.717) is 4.47 Å². The molecule has 0 aromatic heterocycles. The maximum absolute atomic E-state index is 12.4. The summed E-state index contributed by atoms with van der Waals surface area (Å²) >= 11 is 3.04. The lowest BCUT2D eigenvalue weighted by molar-refractivity contribution is -0.138. The van der Waals surface area contributed by atoms with Crippen LogP contribution in [0.5, 0.6) is 0 Å².